The van der Waals surface area contributed by atoms with E-state index in [2.05, 4.69) is 38.9 Å². The van der Waals surface area contributed by atoms with Crippen LogP contribution in [0.5, 0.6) is 0 Å². The van der Waals surface area contributed by atoms with E-state index in [0.717, 1.165) is 19.5 Å². The molecule has 0 radical (unpaired) electrons. The summed E-state index contributed by atoms with van der Waals surface area (Å²) in [6, 6.07) is 17.8. The number of rotatable bonds is 4. The van der Waals surface area contributed by atoms with Gasteiger partial charge in [0, 0.05) is 18.2 Å². The number of nitrogens with zero attached hydrogens (tertiary/aromatic N) is 2. The summed E-state index contributed by atoms with van der Waals surface area (Å²) in [5, 5.41) is 0. The first-order chi connectivity index (χ1) is 12.6. The number of hydrogen-bond acceptors (Lipinski definition) is 4. The van der Waals surface area contributed by atoms with Crippen molar-refractivity contribution in [1.29, 1.82) is 0 Å². The van der Waals surface area contributed by atoms with E-state index < -0.39 is 10.0 Å². The summed E-state index contributed by atoms with van der Waals surface area (Å²) in [5.74, 6) is 0.478. The van der Waals surface area contributed by atoms with Crippen molar-refractivity contribution in [2.45, 2.75) is 36.7 Å². The molecule has 1 saturated heterocycles. The van der Waals surface area contributed by atoms with Crippen LogP contribution >= 0.6 is 0 Å². The Hall–Kier alpha value is -2.18. The van der Waals surface area contributed by atoms with E-state index in [4.69, 9.17) is 0 Å². The second kappa shape index (κ2) is 7.21. The number of hydrogen-bond donors (Lipinski definition) is 1. The number of likely N-dealkylation sites (tertiary alicyclic amines) is 1. The molecule has 1 fully saturated rings. The molecule has 0 amide bonds. The highest BCUT2D eigenvalue weighted by molar-refractivity contribution is 7.90. The van der Waals surface area contributed by atoms with Crippen LogP contribution in [0, 0.1) is 0 Å². The molecule has 1 N–H and O–H groups in total. The quantitative estimate of drug-likeness (QED) is 0.901. The Balaban J connectivity index is 1.52. The first kappa shape index (κ1) is 17.2. The van der Waals surface area contributed by atoms with E-state index in [1.165, 1.54) is 18.4 Å². The smallest absolute Gasteiger partial charge is 0.263 e. The number of fused-ring (bicyclic) bond motifs is 1. The molecule has 4 rings (SSSR count). The number of amidine groups is 1. The normalized spacial score (nSPS) is 23.5. The Morgan fingerprint density at radius 3 is 2.65 bits per heavy atom. The van der Waals surface area contributed by atoms with Crippen LogP contribution in [0.25, 0.3) is 0 Å². The van der Waals surface area contributed by atoms with Crippen LogP contribution in [-0.2, 0) is 16.6 Å². The molecule has 1 atom stereocenters. The second-order valence-electron chi connectivity index (χ2n) is 6.90. The van der Waals surface area contributed by atoms with Gasteiger partial charge in [0.15, 0.2) is 0 Å². The number of aliphatic imine (C=N–C) groups is 1. The van der Waals surface area contributed by atoms with Gasteiger partial charge in [-0.1, -0.05) is 48.9 Å². The SMILES string of the molecule is O=S1(=O)NC(=NCC2CCCCN2Cc2ccccc2)c2ccccc21. The molecule has 2 heterocycles. The maximum atomic E-state index is 12.2. The first-order valence-corrected chi connectivity index (χ1v) is 10.6. The highest BCUT2D eigenvalue weighted by Gasteiger charge is 2.30. The zero-order chi connectivity index (χ0) is 18.0. The minimum Gasteiger partial charge on any atom is -0.294 e. The summed E-state index contributed by atoms with van der Waals surface area (Å²) < 4.78 is 27.0. The van der Waals surface area contributed by atoms with Crippen molar-refractivity contribution >= 4 is 15.9 Å². The van der Waals surface area contributed by atoms with Gasteiger partial charge >= 0.3 is 0 Å². The molecular formula is C20H23N3O2S. The van der Waals surface area contributed by atoms with Crippen molar-refractivity contribution in [1.82, 2.24) is 9.62 Å². The minimum absolute atomic E-state index is 0.323. The van der Waals surface area contributed by atoms with Gasteiger partial charge in [-0.05, 0) is 37.1 Å². The molecule has 5 nitrogen and oxygen atoms in total. The number of benzene rings is 2. The van der Waals surface area contributed by atoms with Gasteiger partial charge in [-0.2, -0.15) is 0 Å². The molecule has 6 heteroatoms. The Morgan fingerprint density at radius 2 is 1.81 bits per heavy atom. The Kier molecular flexibility index (Phi) is 4.78. The molecule has 26 heavy (non-hydrogen) atoms. The van der Waals surface area contributed by atoms with Crippen LogP contribution in [0.15, 0.2) is 64.5 Å². The van der Waals surface area contributed by atoms with Crippen molar-refractivity contribution in [3.8, 4) is 0 Å². The van der Waals surface area contributed by atoms with Gasteiger partial charge in [0.1, 0.15) is 5.84 Å². The average molecular weight is 369 g/mol. The van der Waals surface area contributed by atoms with Gasteiger partial charge < -0.3 is 0 Å². The van der Waals surface area contributed by atoms with E-state index in [0.29, 0.717) is 28.9 Å². The monoisotopic (exact) mass is 369 g/mol. The fourth-order valence-corrected chi connectivity index (χ4v) is 4.99. The fraction of sp³-hybridized carbons (Fsp3) is 0.350. The lowest BCUT2D eigenvalue weighted by molar-refractivity contribution is 0.145. The molecule has 0 bridgehead atoms. The lowest BCUT2D eigenvalue weighted by Gasteiger charge is -2.35. The Bertz CT molecular complexity index is 910. The van der Waals surface area contributed by atoms with E-state index >= 15 is 0 Å². The fourth-order valence-electron chi connectivity index (χ4n) is 3.74. The third kappa shape index (κ3) is 3.52. The number of piperidine rings is 1. The van der Waals surface area contributed by atoms with Crippen LogP contribution in [0.3, 0.4) is 0 Å². The summed E-state index contributed by atoms with van der Waals surface area (Å²) in [4.78, 5) is 7.45. The molecule has 136 valence electrons. The lowest BCUT2D eigenvalue weighted by Crippen LogP contribution is -2.41. The van der Waals surface area contributed by atoms with Crippen LogP contribution in [0.4, 0.5) is 0 Å². The maximum Gasteiger partial charge on any atom is 0.263 e. The molecule has 2 aromatic carbocycles. The molecule has 0 saturated carbocycles. The van der Waals surface area contributed by atoms with Crippen LogP contribution in [0.2, 0.25) is 0 Å². The highest BCUT2D eigenvalue weighted by atomic mass is 32.2. The van der Waals surface area contributed by atoms with Gasteiger partial charge in [-0.25, -0.2) is 8.42 Å². The van der Waals surface area contributed by atoms with Crippen LogP contribution in [0.1, 0.15) is 30.4 Å². The van der Waals surface area contributed by atoms with Crippen LogP contribution < -0.4 is 4.72 Å². The molecule has 2 aliphatic rings. The standard InChI is InChI=1S/C20H23N3O2S/c24-26(25)19-12-5-4-11-18(19)20(22-26)21-14-17-10-6-7-13-23(17)15-16-8-2-1-3-9-16/h1-5,8-9,11-12,17H,6-7,10,13-15H2,(H,21,22). The number of nitrogens with one attached hydrogen (secondary N) is 1. The third-order valence-electron chi connectivity index (χ3n) is 5.10. The van der Waals surface area contributed by atoms with Crippen molar-refractivity contribution in [3.63, 3.8) is 0 Å². The summed E-state index contributed by atoms with van der Waals surface area (Å²) in [7, 11) is -3.46. The molecule has 0 aliphatic carbocycles. The highest BCUT2D eigenvalue weighted by Crippen LogP contribution is 2.24. The van der Waals surface area contributed by atoms with Crippen LogP contribution in [-0.4, -0.2) is 38.3 Å². The summed E-state index contributed by atoms with van der Waals surface area (Å²) >= 11 is 0. The average Bonchev–Trinajstić information content (AvgIpc) is 2.93. The lowest BCUT2D eigenvalue weighted by atomic mass is 10.0. The van der Waals surface area contributed by atoms with E-state index in [1.54, 1.807) is 12.1 Å². The zero-order valence-electron chi connectivity index (χ0n) is 14.6. The largest absolute Gasteiger partial charge is 0.294 e. The van der Waals surface area contributed by atoms with Gasteiger partial charge in [0.25, 0.3) is 10.0 Å². The van der Waals surface area contributed by atoms with Crippen molar-refractivity contribution in [3.05, 3.63) is 65.7 Å². The molecular weight excluding hydrogens is 346 g/mol. The molecule has 2 aromatic rings. The second-order valence-corrected chi connectivity index (χ2v) is 8.55. The molecule has 2 aliphatic heterocycles. The number of sulfonamides is 1. The maximum absolute atomic E-state index is 12.2. The van der Waals surface area contributed by atoms with Gasteiger partial charge in [-0.3, -0.25) is 14.6 Å². The van der Waals surface area contributed by atoms with E-state index in [9.17, 15) is 8.42 Å². The predicted molar refractivity (Wildman–Crippen MR) is 103 cm³/mol. The molecule has 0 spiro atoms. The minimum atomic E-state index is -3.46. The van der Waals surface area contributed by atoms with E-state index in [-0.39, 0.29) is 0 Å². The zero-order valence-corrected chi connectivity index (χ0v) is 15.5. The van der Waals surface area contributed by atoms with Crippen molar-refractivity contribution in [2.75, 3.05) is 13.1 Å². The summed E-state index contributed by atoms with van der Waals surface area (Å²) in [6.07, 6.45) is 3.50. The van der Waals surface area contributed by atoms with Gasteiger partial charge in [0.05, 0.1) is 11.4 Å². The Morgan fingerprint density at radius 1 is 1.04 bits per heavy atom. The third-order valence-corrected chi connectivity index (χ3v) is 6.50. The summed E-state index contributed by atoms with van der Waals surface area (Å²) in [5.41, 5.74) is 1.98. The Labute approximate surface area is 154 Å². The molecule has 0 aromatic heterocycles. The summed E-state index contributed by atoms with van der Waals surface area (Å²) in [6.45, 7) is 2.59. The first-order valence-electron chi connectivity index (χ1n) is 9.08. The van der Waals surface area contributed by atoms with Crippen molar-refractivity contribution < 1.29 is 8.42 Å². The van der Waals surface area contributed by atoms with Gasteiger partial charge in [-0.15, -0.1) is 0 Å². The topological polar surface area (TPSA) is 61.8 Å². The van der Waals surface area contributed by atoms with Gasteiger partial charge in [0.2, 0.25) is 0 Å². The van der Waals surface area contributed by atoms with Crippen molar-refractivity contribution in [2.24, 2.45) is 4.99 Å². The van der Waals surface area contributed by atoms with E-state index in [1.807, 2.05) is 18.2 Å². The predicted octanol–water partition coefficient (Wildman–Crippen LogP) is 2.78. The molecule has 1 unspecified atom stereocenters.